The zero-order valence-electron chi connectivity index (χ0n) is 20.5. The molecule has 2 fully saturated rings. The largest absolute Gasteiger partial charge is 0.0917 e. The highest BCUT2D eigenvalue weighted by Crippen LogP contribution is 2.41. The predicted molar refractivity (Wildman–Crippen MR) is 139 cm³/mol. The molecule has 0 nitrogen and oxygen atoms in total. The molecule has 1 atom stereocenters. The first-order valence-electron chi connectivity index (χ1n) is 13.5. The third-order valence-corrected chi connectivity index (χ3v) is 8.61. The van der Waals surface area contributed by atoms with E-state index in [2.05, 4.69) is 80.6 Å². The quantitative estimate of drug-likeness (QED) is 0.367. The van der Waals surface area contributed by atoms with Crippen LogP contribution in [0.3, 0.4) is 0 Å². The summed E-state index contributed by atoms with van der Waals surface area (Å²) in [4.78, 5) is 0. The summed E-state index contributed by atoms with van der Waals surface area (Å²) < 4.78 is 0. The van der Waals surface area contributed by atoms with E-state index in [9.17, 15) is 0 Å². The van der Waals surface area contributed by atoms with Gasteiger partial charge < -0.3 is 0 Å². The second kappa shape index (κ2) is 11.9. The Morgan fingerprint density at radius 1 is 0.719 bits per heavy atom. The van der Waals surface area contributed by atoms with E-state index in [0.717, 1.165) is 23.7 Å². The van der Waals surface area contributed by atoms with Crippen molar-refractivity contribution in [1.29, 1.82) is 0 Å². The number of hydrogen-bond acceptors (Lipinski definition) is 0. The van der Waals surface area contributed by atoms with E-state index in [-0.39, 0.29) is 0 Å². The van der Waals surface area contributed by atoms with Crippen molar-refractivity contribution in [3.63, 3.8) is 0 Å². The van der Waals surface area contributed by atoms with Crippen LogP contribution >= 0.6 is 0 Å². The Morgan fingerprint density at radius 2 is 1.25 bits per heavy atom. The monoisotopic (exact) mass is 428 g/mol. The zero-order chi connectivity index (χ0) is 22.2. The fourth-order valence-corrected chi connectivity index (χ4v) is 6.47. The molecule has 0 amide bonds. The summed E-state index contributed by atoms with van der Waals surface area (Å²) in [5.74, 6) is 4.15. The van der Waals surface area contributed by atoms with Gasteiger partial charge >= 0.3 is 0 Å². The van der Waals surface area contributed by atoms with Crippen molar-refractivity contribution in [2.24, 2.45) is 11.8 Å². The SMILES string of the molecule is C/C=C/CCC1CCC(c2ccc(C3CCC(C[C@H](C)c4ccccc4)CC3)cc2)CC1. The zero-order valence-corrected chi connectivity index (χ0v) is 20.5. The highest BCUT2D eigenvalue weighted by atomic mass is 14.3. The van der Waals surface area contributed by atoms with Gasteiger partial charge in [0.1, 0.15) is 0 Å². The van der Waals surface area contributed by atoms with Crippen molar-refractivity contribution in [1.82, 2.24) is 0 Å². The summed E-state index contributed by atoms with van der Waals surface area (Å²) in [7, 11) is 0. The van der Waals surface area contributed by atoms with E-state index in [1.807, 2.05) is 0 Å². The second-order valence-electron chi connectivity index (χ2n) is 10.8. The molecule has 4 rings (SSSR count). The molecule has 0 aliphatic heterocycles. The highest BCUT2D eigenvalue weighted by molar-refractivity contribution is 5.28. The van der Waals surface area contributed by atoms with Crippen LogP contribution in [0, 0.1) is 11.8 Å². The second-order valence-corrected chi connectivity index (χ2v) is 10.8. The summed E-state index contributed by atoms with van der Waals surface area (Å²) in [5, 5.41) is 0. The third kappa shape index (κ3) is 6.37. The molecule has 0 heteroatoms. The molecule has 2 aromatic rings. The van der Waals surface area contributed by atoms with Crippen LogP contribution in [0.25, 0.3) is 0 Å². The Balaban J connectivity index is 1.22. The molecule has 172 valence electrons. The minimum Gasteiger partial charge on any atom is -0.0917 e. The molecule has 0 saturated heterocycles. The predicted octanol–water partition coefficient (Wildman–Crippen LogP) is 9.78. The van der Waals surface area contributed by atoms with Gasteiger partial charge in [-0.05, 0) is 124 Å². The van der Waals surface area contributed by atoms with Gasteiger partial charge in [0.15, 0.2) is 0 Å². The Labute approximate surface area is 197 Å². The van der Waals surface area contributed by atoms with Gasteiger partial charge in [0.05, 0.1) is 0 Å². The Morgan fingerprint density at radius 3 is 1.78 bits per heavy atom. The summed E-state index contributed by atoms with van der Waals surface area (Å²) in [6.07, 6.45) is 19.8. The fraction of sp³-hybridized carbons (Fsp3) is 0.562. The van der Waals surface area contributed by atoms with Gasteiger partial charge in [-0.15, -0.1) is 0 Å². The lowest BCUT2D eigenvalue weighted by Gasteiger charge is -2.31. The van der Waals surface area contributed by atoms with Crippen molar-refractivity contribution >= 4 is 0 Å². The molecule has 2 saturated carbocycles. The molecule has 0 unspecified atom stereocenters. The fourth-order valence-electron chi connectivity index (χ4n) is 6.47. The molecule has 0 spiro atoms. The van der Waals surface area contributed by atoms with Crippen LogP contribution in [0.5, 0.6) is 0 Å². The lowest BCUT2D eigenvalue weighted by Crippen LogP contribution is -2.16. The van der Waals surface area contributed by atoms with E-state index >= 15 is 0 Å². The smallest absolute Gasteiger partial charge is 0.0162 e. The van der Waals surface area contributed by atoms with Crippen LogP contribution in [0.2, 0.25) is 0 Å². The first-order valence-corrected chi connectivity index (χ1v) is 13.5. The third-order valence-electron chi connectivity index (χ3n) is 8.61. The Bertz CT molecular complexity index is 799. The normalized spacial score (nSPS) is 27.4. The molecular weight excluding hydrogens is 384 g/mol. The van der Waals surface area contributed by atoms with Gasteiger partial charge in [-0.1, -0.05) is 73.7 Å². The number of rotatable bonds is 8. The highest BCUT2D eigenvalue weighted by Gasteiger charge is 2.25. The van der Waals surface area contributed by atoms with E-state index < -0.39 is 0 Å². The lowest BCUT2D eigenvalue weighted by molar-refractivity contribution is 0.297. The number of benzene rings is 2. The van der Waals surface area contributed by atoms with Crippen LogP contribution in [0.1, 0.15) is 119 Å². The number of hydrogen-bond donors (Lipinski definition) is 0. The van der Waals surface area contributed by atoms with Crippen molar-refractivity contribution in [2.45, 2.75) is 102 Å². The molecule has 0 heterocycles. The first kappa shape index (κ1) is 23.3. The van der Waals surface area contributed by atoms with Crippen molar-refractivity contribution in [3.05, 3.63) is 83.4 Å². The molecular formula is C32H44. The maximum atomic E-state index is 2.48. The van der Waals surface area contributed by atoms with E-state index in [0.29, 0.717) is 5.92 Å². The molecule has 2 aliphatic carbocycles. The van der Waals surface area contributed by atoms with Crippen LogP contribution < -0.4 is 0 Å². The standard InChI is InChI=1S/C32H44/c1-3-4-6-9-26-12-16-29(17-13-26)31-20-22-32(23-21-31)30-18-14-27(15-19-30)24-25(2)28-10-7-5-8-11-28/h3-5,7-8,10-11,20-23,25-27,29-30H,6,9,12-19,24H2,1-2H3/b4-3+/t25-,26?,27?,29?,30?/m0/s1. The molecule has 0 bridgehead atoms. The van der Waals surface area contributed by atoms with Crippen LogP contribution in [0.15, 0.2) is 66.7 Å². The minimum atomic E-state index is 0.690. The van der Waals surface area contributed by atoms with Crippen LogP contribution in [-0.4, -0.2) is 0 Å². The summed E-state index contributed by atoms with van der Waals surface area (Å²) in [6, 6.07) is 21.0. The van der Waals surface area contributed by atoms with Gasteiger partial charge in [-0.2, -0.15) is 0 Å². The lowest BCUT2D eigenvalue weighted by atomic mass is 9.74. The molecule has 0 N–H and O–H groups in total. The van der Waals surface area contributed by atoms with Crippen molar-refractivity contribution < 1.29 is 0 Å². The van der Waals surface area contributed by atoms with Gasteiger partial charge in [0.2, 0.25) is 0 Å². The molecule has 32 heavy (non-hydrogen) atoms. The maximum Gasteiger partial charge on any atom is -0.0162 e. The molecule has 2 aliphatic rings. The van der Waals surface area contributed by atoms with Crippen molar-refractivity contribution in [2.75, 3.05) is 0 Å². The molecule has 0 radical (unpaired) electrons. The number of allylic oxidation sites excluding steroid dienone is 2. The van der Waals surface area contributed by atoms with Crippen molar-refractivity contribution in [3.8, 4) is 0 Å². The summed E-state index contributed by atoms with van der Waals surface area (Å²) in [6.45, 7) is 4.55. The van der Waals surface area contributed by atoms with Crippen LogP contribution in [0.4, 0.5) is 0 Å². The molecule has 2 aromatic carbocycles. The molecule has 0 aromatic heterocycles. The van der Waals surface area contributed by atoms with Gasteiger partial charge in [0, 0.05) is 0 Å². The van der Waals surface area contributed by atoms with E-state index in [1.165, 1.54) is 76.2 Å². The summed E-state index contributed by atoms with van der Waals surface area (Å²) in [5.41, 5.74) is 4.71. The van der Waals surface area contributed by atoms with Gasteiger partial charge in [-0.25, -0.2) is 0 Å². The van der Waals surface area contributed by atoms with Gasteiger partial charge in [-0.3, -0.25) is 0 Å². The van der Waals surface area contributed by atoms with E-state index in [1.54, 1.807) is 11.1 Å². The average molecular weight is 429 g/mol. The van der Waals surface area contributed by atoms with Gasteiger partial charge in [0.25, 0.3) is 0 Å². The van der Waals surface area contributed by atoms with Crippen LogP contribution in [-0.2, 0) is 0 Å². The Kier molecular flexibility index (Phi) is 8.66. The summed E-state index contributed by atoms with van der Waals surface area (Å²) >= 11 is 0. The minimum absolute atomic E-state index is 0.690. The Hall–Kier alpha value is -1.82. The topological polar surface area (TPSA) is 0 Å². The average Bonchev–Trinajstić information content (AvgIpc) is 2.86. The van der Waals surface area contributed by atoms with E-state index in [4.69, 9.17) is 0 Å². The maximum absolute atomic E-state index is 2.48. The first-order chi connectivity index (χ1) is 15.7.